The van der Waals surface area contributed by atoms with E-state index in [9.17, 15) is 0 Å². The fraction of sp³-hybridized carbons (Fsp3) is 0.300. The summed E-state index contributed by atoms with van der Waals surface area (Å²) in [6.07, 6.45) is 3.87. The van der Waals surface area contributed by atoms with Crippen LogP contribution in [0, 0.1) is 0 Å². The Morgan fingerprint density at radius 1 is 1.60 bits per heavy atom. The maximum Gasteiger partial charge on any atom is 0.0729 e. The highest BCUT2D eigenvalue weighted by atomic mass is 79.9. The summed E-state index contributed by atoms with van der Waals surface area (Å²) >= 11 is 5.15. The monoisotopic (exact) mass is 285 g/mol. The van der Waals surface area contributed by atoms with Gasteiger partial charge in [-0.3, -0.25) is 4.68 Å². The zero-order chi connectivity index (χ0) is 10.7. The van der Waals surface area contributed by atoms with Crippen LogP contribution in [0.15, 0.2) is 27.6 Å². The molecule has 0 unspecified atom stereocenters. The van der Waals surface area contributed by atoms with E-state index in [-0.39, 0.29) is 0 Å². The van der Waals surface area contributed by atoms with Gasteiger partial charge in [0.15, 0.2) is 0 Å². The van der Waals surface area contributed by atoms with Gasteiger partial charge >= 0.3 is 0 Å². The van der Waals surface area contributed by atoms with Gasteiger partial charge in [0.1, 0.15) is 0 Å². The molecule has 0 saturated heterocycles. The third kappa shape index (κ3) is 2.82. The highest BCUT2D eigenvalue weighted by Crippen LogP contribution is 2.21. The van der Waals surface area contributed by atoms with Crippen molar-refractivity contribution < 1.29 is 0 Å². The number of hydrogen-bond acceptors (Lipinski definition) is 3. The van der Waals surface area contributed by atoms with Crippen LogP contribution in [0.25, 0.3) is 0 Å². The molecular formula is C10H12BrN3S. The summed E-state index contributed by atoms with van der Waals surface area (Å²) < 4.78 is 3.08. The summed E-state index contributed by atoms with van der Waals surface area (Å²) in [5, 5.41) is 9.67. The second-order valence-electron chi connectivity index (χ2n) is 3.20. The van der Waals surface area contributed by atoms with Gasteiger partial charge in [0, 0.05) is 19.3 Å². The number of anilines is 1. The Kier molecular flexibility index (Phi) is 3.43. The highest BCUT2D eigenvalue weighted by Gasteiger charge is 1.99. The lowest BCUT2D eigenvalue weighted by atomic mass is 10.3. The predicted octanol–water partition coefficient (Wildman–Crippen LogP) is 3.34. The smallest absolute Gasteiger partial charge is 0.0729 e. The molecule has 15 heavy (non-hydrogen) atoms. The first-order chi connectivity index (χ1) is 7.28. The van der Waals surface area contributed by atoms with Crippen molar-refractivity contribution >= 4 is 33.0 Å². The van der Waals surface area contributed by atoms with Crippen LogP contribution in [0.5, 0.6) is 0 Å². The molecule has 0 amide bonds. The Labute approximate surface area is 101 Å². The fourth-order valence-electron chi connectivity index (χ4n) is 1.27. The molecule has 0 aliphatic rings. The van der Waals surface area contributed by atoms with Gasteiger partial charge in [-0.05, 0) is 39.9 Å². The van der Waals surface area contributed by atoms with Gasteiger partial charge in [-0.15, -0.1) is 11.3 Å². The van der Waals surface area contributed by atoms with Gasteiger partial charge < -0.3 is 5.32 Å². The van der Waals surface area contributed by atoms with Gasteiger partial charge in [0.25, 0.3) is 0 Å². The lowest BCUT2D eigenvalue weighted by molar-refractivity contribution is 0.660. The summed E-state index contributed by atoms with van der Waals surface area (Å²) in [5.74, 6) is 0. The highest BCUT2D eigenvalue weighted by molar-refractivity contribution is 9.11. The molecule has 2 aromatic rings. The molecular weight excluding hydrogens is 274 g/mol. The third-order valence-electron chi connectivity index (χ3n) is 2.08. The summed E-state index contributed by atoms with van der Waals surface area (Å²) in [6, 6.07) is 2.13. The van der Waals surface area contributed by atoms with E-state index in [0.717, 1.165) is 18.8 Å². The molecule has 5 heteroatoms. The number of halogens is 1. The van der Waals surface area contributed by atoms with E-state index in [4.69, 9.17) is 0 Å². The van der Waals surface area contributed by atoms with Gasteiger partial charge in [0.05, 0.1) is 15.7 Å². The molecule has 0 bridgehead atoms. The first-order valence-corrected chi connectivity index (χ1v) is 6.44. The molecule has 2 aromatic heterocycles. The normalized spacial score (nSPS) is 10.5. The Hall–Kier alpha value is -0.810. The average Bonchev–Trinajstić information content (AvgIpc) is 2.83. The number of nitrogens with zero attached hydrogens (tertiary/aromatic N) is 2. The second kappa shape index (κ2) is 4.81. The average molecular weight is 286 g/mol. The van der Waals surface area contributed by atoms with E-state index in [1.54, 1.807) is 11.3 Å². The molecule has 0 aliphatic heterocycles. The van der Waals surface area contributed by atoms with E-state index < -0.39 is 0 Å². The maximum atomic E-state index is 4.20. The van der Waals surface area contributed by atoms with E-state index >= 15 is 0 Å². The molecule has 1 N–H and O–H groups in total. The van der Waals surface area contributed by atoms with Gasteiger partial charge in [-0.1, -0.05) is 0 Å². The van der Waals surface area contributed by atoms with E-state index in [1.807, 2.05) is 17.1 Å². The second-order valence-corrected chi connectivity index (χ2v) is 5.49. The molecule has 0 spiro atoms. The van der Waals surface area contributed by atoms with Crippen LogP contribution in [-0.4, -0.2) is 9.78 Å². The number of thiophene rings is 1. The molecule has 0 radical (unpaired) electrons. The SMILES string of the molecule is CCn1cc(NCc2csc(Br)c2)cn1. The van der Waals surface area contributed by atoms with Crippen molar-refractivity contribution in [2.75, 3.05) is 5.32 Å². The van der Waals surface area contributed by atoms with Gasteiger partial charge in [-0.2, -0.15) is 5.10 Å². The summed E-state index contributed by atoms with van der Waals surface area (Å²) in [5.41, 5.74) is 2.36. The molecule has 3 nitrogen and oxygen atoms in total. The minimum absolute atomic E-state index is 0.845. The van der Waals surface area contributed by atoms with Crippen LogP contribution in [0.3, 0.4) is 0 Å². The summed E-state index contributed by atoms with van der Waals surface area (Å²) in [4.78, 5) is 0. The number of hydrogen-bond donors (Lipinski definition) is 1. The van der Waals surface area contributed by atoms with Crippen molar-refractivity contribution in [3.05, 3.63) is 33.2 Å². The van der Waals surface area contributed by atoms with Crippen molar-refractivity contribution in [2.45, 2.75) is 20.0 Å². The number of nitrogens with one attached hydrogen (secondary N) is 1. The predicted molar refractivity (Wildman–Crippen MR) is 67.2 cm³/mol. The lowest BCUT2D eigenvalue weighted by Gasteiger charge is -1.99. The fourth-order valence-corrected chi connectivity index (χ4v) is 2.48. The molecule has 80 valence electrons. The minimum Gasteiger partial charge on any atom is -0.378 e. The third-order valence-corrected chi connectivity index (χ3v) is 3.63. The molecule has 0 aliphatic carbocycles. The number of aromatic nitrogens is 2. The quantitative estimate of drug-likeness (QED) is 0.934. The van der Waals surface area contributed by atoms with Crippen LogP contribution >= 0.6 is 27.3 Å². The Balaban J connectivity index is 1.93. The Bertz CT molecular complexity index is 435. The number of rotatable bonds is 4. The van der Waals surface area contributed by atoms with Crippen LogP contribution < -0.4 is 5.32 Å². The first kappa shape index (κ1) is 10.7. The largest absolute Gasteiger partial charge is 0.378 e. The molecule has 2 heterocycles. The van der Waals surface area contributed by atoms with E-state index in [2.05, 4.69) is 44.7 Å². The van der Waals surface area contributed by atoms with Crippen molar-refractivity contribution in [3.8, 4) is 0 Å². The van der Waals surface area contributed by atoms with E-state index in [1.165, 1.54) is 9.35 Å². The van der Waals surface area contributed by atoms with E-state index in [0.29, 0.717) is 0 Å². The van der Waals surface area contributed by atoms with Crippen molar-refractivity contribution in [3.63, 3.8) is 0 Å². The summed E-state index contributed by atoms with van der Waals surface area (Å²) in [7, 11) is 0. The van der Waals surface area contributed by atoms with Crippen LogP contribution in [0.2, 0.25) is 0 Å². The van der Waals surface area contributed by atoms with Crippen molar-refractivity contribution in [2.24, 2.45) is 0 Å². The molecule has 2 rings (SSSR count). The van der Waals surface area contributed by atoms with Gasteiger partial charge in [-0.25, -0.2) is 0 Å². The standard InChI is InChI=1S/C10H12BrN3S/c1-2-14-6-9(5-13-14)12-4-8-3-10(11)15-7-8/h3,5-7,12H,2,4H2,1H3. The van der Waals surface area contributed by atoms with Gasteiger partial charge in [0.2, 0.25) is 0 Å². The first-order valence-electron chi connectivity index (χ1n) is 4.77. The Morgan fingerprint density at radius 3 is 3.07 bits per heavy atom. The Morgan fingerprint density at radius 2 is 2.47 bits per heavy atom. The molecule has 0 saturated carbocycles. The summed E-state index contributed by atoms with van der Waals surface area (Å²) in [6.45, 7) is 3.83. The van der Waals surface area contributed by atoms with Crippen molar-refractivity contribution in [1.82, 2.24) is 9.78 Å². The van der Waals surface area contributed by atoms with Crippen LogP contribution in [0.1, 0.15) is 12.5 Å². The molecule has 0 aromatic carbocycles. The van der Waals surface area contributed by atoms with Crippen LogP contribution in [-0.2, 0) is 13.1 Å². The maximum absolute atomic E-state index is 4.20. The topological polar surface area (TPSA) is 29.9 Å². The zero-order valence-corrected chi connectivity index (χ0v) is 10.8. The zero-order valence-electron chi connectivity index (χ0n) is 8.40. The molecule has 0 fully saturated rings. The van der Waals surface area contributed by atoms with Crippen molar-refractivity contribution in [1.29, 1.82) is 0 Å². The lowest BCUT2D eigenvalue weighted by Crippen LogP contribution is -1.97. The van der Waals surface area contributed by atoms with Crippen LogP contribution in [0.4, 0.5) is 5.69 Å². The molecule has 0 atom stereocenters. The minimum atomic E-state index is 0.845. The number of aryl methyl sites for hydroxylation is 1.